The lowest BCUT2D eigenvalue weighted by molar-refractivity contribution is -0.117. The van der Waals surface area contributed by atoms with E-state index in [1.165, 1.54) is 6.07 Å². The van der Waals surface area contributed by atoms with Crippen LogP contribution in [0.15, 0.2) is 29.2 Å². The number of ether oxygens (including phenoxy) is 1. The summed E-state index contributed by atoms with van der Waals surface area (Å²) >= 11 is 0. The van der Waals surface area contributed by atoms with Crippen LogP contribution >= 0.6 is 0 Å². The van der Waals surface area contributed by atoms with E-state index in [4.69, 9.17) is 4.74 Å². The fourth-order valence-corrected chi connectivity index (χ4v) is 5.01. The normalized spacial score (nSPS) is 18.7. The minimum Gasteiger partial charge on any atom is -0.374 e. The molecule has 1 atom stereocenters. The number of fused-ring (bicyclic) bond motifs is 1. The molecule has 0 unspecified atom stereocenters. The Balaban J connectivity index is 1.55. The predicted octanol–water partition coefficient (Wildman–Crippen LogP) is 4.63. The number of aromatic amines is 1. The van der Waals surface area contributed by atoms with Crippen molar-refractivity contribution in [3.63, 3.8) is 0 Å². The summed E-state index contributed by atoms with van der Waals surface area (Å²) in [6.45, 7) is 0.620. The third kappa shape index (κ3) is 5.13. The molecular formula is C23H25F2N5O4S. The van der Waals surface area contributed by atoms with Crippen molar-refractivity contribution in [2.24, 2.45) is 5.92 Å². The van der Waals surface area contributed by atoms with Crippen LogP contribution in [0.4, 0.5) is 26.0 Å². The number of amides is 1. The van der Waals surface area contributed by atoms with Crippen molar-refractivity contribution in [1.82, 2.24) is 15.0 Å². The van der Waals surface area contributed by atoms with Crippen molar-refractivity contribution < 1.29 is 26.7 Å². The van der Waals surface area contributed by atoms with Gasteiger partial charge in [-0.1, -0.05) is 6.07 Å². The van der Waals surface area contributed by atoms with Gasteiger partial charge in [0.2, 0.25) is 5.91 Å². The van der Waals surface area contributed by atoms with Gasteiger partial charge >= 0.3 is 0 Å². The average molecular weight is 506 g/mol. The highest BCUT2D eigenvalue weighted by Crippen LogP contribution is 2.36. The first kappa shape index (κ1) is 23.6. The van der Waals surface area contributed by atoms with Gasteiger partial charge in [0.15, 0.2) is 21.3 Å². The quantitative estimate of drug-likeness (QED) is 0.427. The molecule has 2 aliphatic rings. The van der Waals surface area contributed by atoms with E-state index in [1.807, 2.05) is 0 Å². The van der Waals surface area contributed by atoms with E-state index in [9.17, 15) is 22.0 Å². The molecule has 3 N–H and O–H groups in total. The molecule has 2 aromatic heterocycles. The number of benzene rings is 1. The van der Waals surface area contributed by atoms with E-state index in [0.717, 1.165) is 43.9 Å². The Labute approximate surface area is 200 Å². The fraction of sp³-hybridized carbons (Fsp3) is 0.435. The number of halogens is 2. The van der Waals surface area contributed by atoms with Crippen molar-refractivity contribution in [2.45, 2.75) is 49.5 Å². The molecule has 1 aliphatic carbocycles. The maximum atomic E-state index is 13.3. The first-order valence-corrected chi connectivity index (χ1v) is 13.3. The molecule has 35 heavy (non-hydrogen) atoms. The number of sulfone groups is 1. The van der Waals surface area contributed by atoms with E-state index in [-0.39, 0.29) is 51.2 Å². The zero-order chi connectivity index (χ0) is 24.7. The number of pyridine rings is 1. The Morgan fingerprint density at radius 1 is 1.14 bits per heavy atom. The van der Waals surface area contributed by atoms with Crippen molar-refractivity contribution in [3.8, 4) is 0 Å². The van der Waals surface area contributed by atoms with Crippen molar-refractivity contribution in [1.29, 1.82) is 0 Å². The standard InChI is InChI=1S/C23H25F2N5O4S/c1-35(32,33)17-10-13(16-4-2-3-9-34-16)7-8-14(17)26-15-11-18(28-23(31)12-5-6-12)27-21-19(15)29-22(30-21)20(24)25/h7-8,10-12,16,20H,2-6,9H2,1H3,(H3,26,27,28,29,30,31)/t16-/m1/s1. The maximum absolute atomic E-state index is 13.3. The summed E-state index contributed by atoms with van der Waals surface area (Å²) in [4.78, 5) is 22.9. The summed E-state index contributed by atoms with van der Waals surface area (Å²) in [5.41, 5.74) is 1.39. The minimum atomic E-state index is -3.66. The molecule has 186 valence electrons. The van der Waals surface area contributed by atoms with Gasteiger partial charge in [0.25, 0.3) is 6.43 Å². The van der Waals surface area contributed by atoms with Crippen LogP contribution in [-0.4, -0.2) is 42.1 Å². The molecule has 9 nitrogen and oxygen atoms in total. The van der Waals surface area contributed by atoms with Gasteiger partial charge in [0, 0.05) is 24.8 Å². The summed E-state index contributed by atoms with van der Waals surface area (Å²) in [5.74, 6) is -0.720. The second-order valence-electron chi connectivity index (χ2n) is 8.95. The molecule has 1 amide bonds. The van der Waals surface area contributed by atoms with E-state index in [1.54, 1.807) is 18.2 Å². The van der Waals surface area contributed by atoms with Gasteiger partial charge < -0.3 is 20.4 Å². The molecule has 1 saturated carbocycles. The number of hydrogen-bond acceptors (Lipinski definition) is 7. The third-order valence-electron chi connectivity index (χ3n) is 6.10. The number of hydrogen-bond donors (Lipinski definition) is 3. The number of imidazole rings is 1. The van der Waals surface area contributed by atoms with Crippen molar-refractivity contribution in [3.05, 3.63) is 35.7 Å². The second kappa shape index (κ2) is 9.15. The van der Waals surface area contributed by atoms with Crippen LogP contribution in [0, 0.1) is 5.92 Å². The van der Waals surface area contributed by atoms with Gasteiger partial charge in [-0.3, -0.25) is 4.79 Å². The highest BCUT2D eigenvalue weighted by atomic mass is 32.2. The number of aromatic nitrogens is 3. The largest absolute Gasteiger partial charge is 0.374 e. The molecule has 5 rings (SSSR count). The summed E-state index contributed by atoms with van der Waals surface area (Å²) in [7, 11) is -3.66. The lowest BCUT2D eigenvalue weighted by atomic mass is 10.0. The Hall–Kier alpha value is -3.12. The number of nitrogens with zero attached hydrogens (tertiary/aromatic N) is 2. The molecule has 12 heteroatoms. The van der Waals surface area contributed by atoms with Gasteiger partial charge in [-0.05, 0) is 49.8 Å². The predicted molar refractivity (Wildman–Crippen MR) is 126 cm³/mol. The number of rotatable bonds is 7. The maximum Gasteiger partial charge on any atom is 0.295 e. The smallest absolute Gasteiger partial charge is 0.295 e. The Morgan fingerprint density at radius 3 is 2.60 bits per heavy atom. The number of nitrogens with one attached hydrogen (secondary N) is 3. The van der Waals surface area contributed by atoms with Crippen LogP contribution in [0.2, 0.25) is 0 Å². The number of carbonyl (C=O) groups is 1. The SMILES string of the molecule is CS(=O)(=O)c1cc([C@H]2CCCCO2)ccc1Nc1cc(NC(=O)C2CC2)nc2[nH]c(C(F)F)nc12. The molecule has 3 heterocycles. The molecular weight excluding hydrogens is 480 g/mol. The van der Waals surface area contributed by atoms with Crippen LogP contribution in [0.3, 0.4) is 0 Å². The Morgan fingerprint density at radius 2 is 1.94 bits per heavy atom. The monoisotopic (exact) mass is 505 g/mol. The topological polar surface area (TPSA) is 126 Å². The molecule has 1 aromatic carbocycles. The molecule has 0 radical (unpaired) electrons. The highest BCUT2D eigenvalue weighted by molar-refractivity contribution is 7.90. The lowest BCUT2D eigenvalue weighted by Crippen LogP contribution is -2.15. The van der Waals surface area contributed by atoms with Crippen molar-refractivity contribution in [2.75, 3.05) is 23.5 Å². The number of anilines is 3. The number of alkyl halides is 2. The van der Waals surface area contributed by atoms with Crippen LogP contribution in [0.5, 0.6) is 0 Å². The highest BCUT2D eigenvalue weighted by Gasteiger charge is 2.30. The lowest BCUT2D eigenvalue weighted by Gasteiger charge is -2.24. The van der Waals surface area contributed by atoms with Gasteiger partial charge in [-0.25, -0.2) is 27.2 Å². The molecule has 0 spiro atoms. The molecule has 1 saturated heterocycles. The summed E-state index contributed by atoms with van der Waals surface area (Å²) in [6, 6.07) is 6.45. The Kier molecular flexibility index (Phi) is 6.18. The van der Waals surface area contributed by atoms with Crippen LogP contribution < -0.4 is 10.6 Å². The van der Waals surface area contributed by atoms with E-state index < -0.39 is 22.1 Å². The fourth-order valence-electron chi connectivity index (χ4n) is 4.14. The van der Waals surface area contributed by atoms with Crippen LogP contribution in [0.1, 0.15) is 56.0 Å². The van der Waals surface area contributed by atoms with Crippen LogP contribution in [0.25, 0.3) is 11.2 Å². The molecule has 3 aromatic rings. The van der Waals surface area contributed by atoms with Gasteiger partial charge in [-0.15, -0.1) is 0 Å². The first-order chi connectivity index (χ1) is 16.7. The first-order valence-electron chi connectivity index (χ1n) is 11.4. The summed E-state index contributed by atoms with van der Waals surface area (Å²) in [5, 5.41) is 5.72. The summed E-state index contributed by atoms with van der Waals surface area (Å²) in [6.07, 6.45) is 2.39. The van der Waals surface area contributed by atoms with Crippen LogP contribution in [-0.2, 0) is 19.4 Å². The molecule has 1 aliphatic heterocycles. The van der Waals surface area contributed by atoms with E-state index in [2.05, 4.69) is 25.6 Å². The van der Waals surface area contributed by atoms with E-state index >= 15 is 0 Å². The molecule has 2 fully saturated rings. The Bertz CT molecular complexity index is 1380. The third-order valence-corrected chi connectivity index (χ3v) is 7.24. The zero-order valence-corrected chi connectivity index (χ0v) is 19.8. The van der Waals surface area contributed by atoms with E-state index in [0.29, 0.717) is 6.61 Å². The van der Waals surface area contributed by atoms with Gasteiger partial charge in [0.1, 0.15) is 11.3 Å². The number of carbonyl (C=O) groups excluding carboxylic acids is 1. The van der Waals surface area contributed by atoms with Gasteiger partial charge in [0.05, 0.1) is 22.4 Å². The minimum absolute atomic E-state index is 0.0438. The number of H-pyrrole nitrogens is 1. The van der Waals surface area contributed by atoms with Crippen molar-refractivity contribution >= 4 is 44.1 Å². The average Bonchev–Trinajstić information content (AvgIpc) is 3.58. The molecule has 0 bridgehead atoms. The van der Waals surface area contributed by atoms with Gasteiger partial charge in [-0.2, -0.15) is 0 Å². The second-order valence-corrected chi connectivity index (χ2v) is 10.9. The zero-order valence-electron chi connectivity index (χ0n) is 19.0. The summed E-state index contributed by atoms with van der Waals surface area (Å²) < 4.78 is 57.8.